The third-order valence-corrected chi connectivity index (χ3v) is 6.33. The van der Waals surface area contributed by atoms with Gasteiger partial charge in [-0.05, 0) is 25.3 Å². The van der Waals surface area contributed by atoms with E-state index in [0.29, 0.717) is 28.7 Å². The van der Waals surface area contributed by atoms with Gasteiger partial charge in [0.05, 0.1) is 17.3 Å². The Morgan fingerprint density at radius 1 is 1.50 bits per heavy atom. The van der Waals surface area contributed by atoms with Crippen LogP contribution in [0.1, 0.15) is 26.2 Å². The van der Waals surface area contributed by atoms with Crippen LogP contribution in [0.4, 0.5) is 11.6 Å². The molecule has 0 saturated carbocycles. The minimum atomic E-state index is -0.0408. The number of halogens is 1. The third-order valence-electron chi connectivity index (χ3n) is 4.82. The molecule has 0 aliphatic carbocycles. The summed E-state index contributed by atoms with van der Waals surface area (Å²) in [6.07, 6.45) is 7.95. The number of aromatic amines is 1. The van der Waals surface area contributed by atoms with Gasteiger partial charge in [-0.3, -0.25) is 14.6 Å². The summed E-state index contributed by atoms with van der Waals surface area (Å²) < 4.78 is 1.87. The number of likely N-dealkylation sites (tertiary alicyclic amines) is 1. The summed E-state index contributed by atoms with van der Waals surface area (Å²) in [5, 5.41) is 16.6. The molecule has 11 heteroatoms. The number of thioether (sulfide) groups is 1. The van der Waals surface area contributed by atoms with Gasteiger partial charge in [0, 0.05) is 31.1 Å². The summed E-state index contributed by atoms with van der Waals surface area (Å²) in [5.41, 5.74) is 1.30. The molecule has 3 aromatic rings. The Morgan fingerprint density at radius 2 is 2.37 bits per heavy atom. The minimum absolute atomic E-state index is 0.0408. The Labute approximate surface area is 183 Å². The molecule has 2 N–H and O–H groups in total. The second-order valence-corrected chi connectivity index (χ2v) is 8.74. The van der Waals surface area contributed by atoms with Crippen LogP contribution in [0.15, 0.2) is 30.1 Å². The SMILES string of the molecule is C=CC(=O)N1CCC[C@@H](Sc2nc(Nc3cnn(CCC)c3)nc3n[nH]c(Cl)c23)C1. The van der Waals surface area contributed by atoms with Crippen molar-refractivity contribution in [2.24, 2.45) is 0 Å². The molecule has 3 aromatic heterocycles. The number of fused-ring (bicyclic) bond motifs is 1. The third kappa shape index (κ3) is 4.44. The van der Waals surface area contributed by atoms with E-state index in [9.17, 15) is 4.79 Å². The fourth-order valence-electron chi connectivity index (χ4n) is 3.43. The average Bonchev–Trinajstić information content (AvgIpc) is 3.34. The van der Waals surface area contributed by atoms with E-state index in [4.69, 9.17) is 16.6 Å². The molecule has 158 valence electrons. The standard InChI is InChI=1S/C19H23ClN8OS/c1-3-7-28-10-12(9-21-28)22-19-23-17-15(16(20)25-26-17)18(24-19)30-13-6-5-8-27(11-13)14(29)4-2/h4,9-10,13H,2-3,5-8,11H2,1H3,(H2,22,23,24,25,26)/t13-/m1/s1. The van der Waals surface area contributed by atoms with Crippen molar-refractivity contribution in [3.05, 3.63) is 30.2 Å². The van der Waals surface area contributed by atoms with Crippen LogP contribution in [-0.4, -0.2) is 59.1 Å². The van der Waals surface area contributed by atoms with Gasteiger partial charge in [0.25, 0.3) is 0 Å². The largest absolute Gasteiger partial charge is 0.338 e. The van der Waals surface area contributed by atoms with E-state index in [0.717, 1.165) is 43.1 Å². The van der Waals surface area contributed by atoms with E-state index in [1.54, 1.807) is 18.0 Å². The van der Waals surface area contributed by atoms with Crippen LogP contribution in [0.5, 0.6) is 0 Å². The van der Waals surface area contributed by atoms with Crippen molar-refractivity contribution in [1.82, 2.24) is 34.8 Å². The van der Waals surface area contributed by atoms with E-state index in [2.05, 4.69) is 39.1 Å². The molecule has 0 radical (unpaired) electrons. The van der Waals surface area contributed by atoms with Gasteiger partial charge in [-0.25, -0.2) is 4.98 Å². The fourth-order valence-corrected chi connectivity index (χ4v) is 5.01. The van der Waals surface area contributed by atoms with E-state index in [1.165, 1.54) is 6.08 Å². The van der Waals surface area contributed by atoms with Crippen molar-refractivity contribution in [2.75, 3.05) is 18.4 Å². The number of carbonyl (C=O) groups excluding carboxylic acids is 1. The van der Waals surface area contributed by atoms with Gasteiger partial charge in [-0.1, -0.05) is 25.1 Å². The highest BCUT2D eigenvalue weighted by Crippen LogP contribution is 2.36. The van der Waals surface area contributed by atoms with E-state index >= 15 is 0 Å². The molecule has 1 saturated heterocycles. The van der Waals surface area contributed by atoms with Crippen molar-refractivity contribution >= 4 is 51.9 Å². The zero-order chi connectivity index (χ0) is 21.1. The van der Waals surface area contributed by atoms with Crippen molar-refractivity contribution < 1.29 is 4.79 Å². The van der Waals surface area contributed by atoms with E-state index in [-0.39, 0.29) is 11.2 Å². The average molecular weight is 447 g/mol. The number of aryl methyl sites for hydroxylation is 1. The molecule has 1 amide bonds. The number of rotatable bonds is 7. The summed E-state index contributed by atoms with van der Waals surface area (Å²) >= 11 is 7.92. The maximum absolute atomic E-state index is 12.0. The van der Waals surface area contributed by atoms with Gasteiger partial charge in [0.15, 0.2) is 5.65 Å². The van der Waals surface area contributed by atoms with Crippen LogP contribution in [0.3, 0.4) is 0 Å². The van der Waals surface area contributed by atoms with E-state index < -0.39 is 0 Å². The van der Waals surface area contributed by atoms with Crippen molar-refractivity contribution in [2.45, 2.75) is 43.0 Å². The smallest absolute Gasteiger partial charge is 0.245 e. The Kier molecular flexibility index (Phi) is 6.24. The first-order chi connectivity index (χ1) is 14.6. The number of hydrogen-bond donors (Lipinski definition) is 2. The monoisotopic (exact) mass is 446 g/mol. The molecule has 1 aliphatic heterocycles. The molecule has 9 nitrogen and oxygen atoms in total. The molecule has 1 atom stereocenters. The van der Waals surface area contributed by atoms with Crippen LogP contribution < -0.4 is 5.32 Å². The highest BCUT2D eigenvalue weighted by Gasteiger charge is 2.25. The molecule has 0 spiro atoms. The number of nitrogens with one attached hydrogen (secondary N) is 2. The van der Waals surface area contributed by atoms with Crippen LogP contribution >= 0.6 is 23.4 Å². The lowest BCUT2D eigenvalue weighted by Crippen LogP contribution is -2.40. The molecule has 30 heavy (non-hydrogen) atoms. The zero-order valence-electron chi connectivity index (χ0n) is 16.6. The molecule has 0 aromatic carbocycles. The Hall–Kier alpha value is -2.59. The number of aromatic nitrogens is 6. The number of anilines is 2. The Balaban J connectivity index is 1.59. The molecule has 4 rings (SSSR count). The van der Waals surface area contributed by atoms with Crippen molar-refractivity contribution in [3.63, 3.8) is 0 Å². The van der Waals surface area contributed by atoms with Crippen molar-refractivity contribution in [3.8, 4) is 0 Å². The lowest BCUT2D eigenvalue weighted by atomic mass is 10.1. The lowest BCUT2D eigenvalue weighted by Gasteiger charge is -2.31. The molecule has 0 unspecified atom stereocenters. The van der Waals surface area contributed by atoms with Gasteiger partial charge in [-0.15, -0.1) is 11.8 Å². The lowest BCUT2D eigenvalue weighted by molar-refractivity contribution is -0.126. The molecule has 1 aliphatic rings. The highest BCUT2D eigenvalue weighted by molar-refractivity contribution is 8.00. The van der Waals surface area contributed by atoms with Crippen LogP contribution in [0.25, 0.3) is 11.0 Å². The van der Waals surface area contributed by atoms with E-state index in [1.807, 2.05) is 15.8 Å². The predicted molar refractivity (Wildman–Crippen MR) is 118 cm³/mol. The van der Waals surface area contributed by atoms with Crippen molar-refractivity contribution in [1.29, 1.82) is 0 Å². The quantitative estimate of drug-likeness (QED) is 0.421. The first-order valence-corrected chi connectivity index (χ1v) is 11.1. The minimum Gasteiger partial charge on any atom is -0.338 e. The number of amides is 1. The highest BCUT2D eigenvalue weighted by atomic mass is 35.5. The number of hydrogen-bond acceptors (Lipinski definition) is 7. The number of piperidine rings is 1. The van der Waals surface area contributed by atoms with Crippen LogP contribution in [0, 0.1) is 0 Å². The number of carbonyl (C=O) groups is 1. The Morgan fingerprint density at radius 3 is 3.17 bits per heavy atom. The Bertz CT molecular complexity index is 1060. The number of nitrogens with zero attached hydrogens (tertiary/aromatic N) is 6. The molecule has 0 bridgehead atoms. The summed E-state index contributed by atoms with van der Waals surface area (Å²) in [6, 6.07) is 0. The van der Waals surface area contributed by atoms with Gasteiger partial charge in [0.1, 0.15) is 10.2 Å². The van der Waals surface area contributed by atoms with Crippen LogP contribution in [0.2, 0.25) is 5.15 Å². The molecular weight excluding hydrogens is 424 g/mol. The first kappa shape index (κ1) is 20.7. The summed E-state index contributed by atoms with van der Waals surface area (Å²) in [4.78, 5) is 23.0. The summed E-state index contributed by atoms with van der Waals surface area (Å²) in [7, 11) is 0. The first-order valence-electron chi connectivity index (χ1n) is 9.86. The maximum atomic E-state index is 12.0. The predicted octanol–water partition coefficient (Wildman–Crippen LogP) is 3.63. The van der Waals surface area contributed by atoms with Gasteiger partial charge in [0.2, 0.25) is 11.9 Å². The van der Waals surface area contributed by atoms with Gasteiger partial charge >= 0.3 is 0 Å². The van der Waals surface area contributed by atoms with Gasteiger partial charge < -0.3 is 10.2 Å². The molecule has 1 fully saturated rings. The summed E-state index contributed by atoms with van der Waals surface area (Å²) in [5.74, 6) is 0.389. The maximum Gasteiger partial charge on any atom is 0.245 e. The topological polar surface area (TPSA) is 105 Å². The fraction of sp³-hybridized carbons (Fsp3) is 0.421. The molecule has 4 heterocycles. The zero-order valence-corrected chi connectivity index (χ0v) is 18.2. The summed E-state index contributed by atoms with van der Waals surface area (Å²) in [6.45, 7) is 7.93. The van der Waals surface area contributed by atoms with Gasteiger partial charge in [-0.2, -0.15) is 15.2 Å². The second-order valence-electron chi connectivity index (χ2n) is 7.08. The second kappa shape index (κ2) is 9.05. The normalized spacial score (nSPS) is 16.7. The molecular formula is C19H23ClN8OS. The van der Waals surface area contributed by atoms with Crippen LogP contribution in [-0.2, 0) is 11.3 Å². The number of H-pyrrole nitrogens is 1.